The summed E-state index contributed by atoms with van der Waals surface area (Å²) in [5.41, 5.74) is 0. The average Bonchev–Trinajstić information content (AvgIpc) is 2.26. The average molecular weight is 270 g/mol. The van der Waals surface area contributed by atoms with Crippen LogP contribution in [0.4, 0.5) is 4.79 Å². The molecule has 0 bridgehead atoms. The van der Waals surface area contributed by atoms with Crippen LogP contribution in [-0.4, -0.2) is 41.0 Å². The predicted octanol–water partition coefficient (Wildman–Crippen LogP) is 1.62. The Bertz CT molecular complexity index is 342. The lowest BCUT2D eigenvalue weighted by atomic mass is 10.0. The molecule has 6 nitrogen and oxygen atoms in total. The first-order valence-corrected chi connectivity index (χ1v) is 6.32. The van der Waals surface area contributed by atoms with Crippen molar-refractivity contribution in [3.05, 3.63) is 12.7 Å². The molecule has 0 heterocycles. The van der Waals surface area contributed by atoms with Crippen LogP contribution in [-0.2, 0) is 9.59 Å². The van der Waals surface area contributed by atoms with Crippen LogP contribution in [0.3, 0.4) is 0 Å². The van der Waals surface area contributed by atoms with Gasteiger partial charge in [-0.2, -0.15) is 0 Å². The van der Waals surface area contributed by atoms with Crippen LogP contribution >= 0.6 is 0 Å². The van der Waals surface area contributed by atoms with Crippen molar-refractivity contribution < 1.29 is 19.5 Å². The van der Waals surface area contributed by atoms with Crippen molar-refractivity contribution in [3.63, 3.8) is 0 Å². The zero-order valence-corrected chi connectivity index (χ0v) is 11.5. The Morgan fingerprint density at radius 3 is 2.47 bits per heavy atom. The second-order valence-electron chi connectivity index (χ2n) is 4.50. The third kappa shape index (κ3) is 7.96. The highest BCUT2D eigenvalue weighted by Gasteiger charge is 2.17. The lowest BCUT2D eigenvalue weighted by molar-refractivity contribution is -0.138. The molecule has 0 fully saturated rings. The molecule has 0 spiro atoms. The summed E-state index contributed by atoms with van der Waals surface area (Å²) in [6, 6.07) is -0.464. The van der Waals surface area contributed by atoms with E-state index in [0.29, 0.717) is 13.1 Å². The van der Waals surface area contributed by atoms with E-state index in [9.17, 15) is 14.4 Å². The van der Waals surface area contributed by atoms with Gasteiger partial charge in [0.1, 0.15) is 0 Å². The monoisotopic (exact) mass is 270 g/mol. The van der Waals surface area contributed by atoms with Gasteiger partial charge in [0.25, 0.3) is 0 Å². The van der Waals surface area contributed by atoms with Crippen molar-refractivity contribution in [2.24, 2.45) is 5.92 Å². The first-order valence-electron chi connectivity index (χ1n) is 6.32. The van der Waals surface area contributed by atoms with E-state index in [1.54, 1.807) is 13.0 Å². The summed E-state index contributed by atoms with van der Waals surface area (Å²) in [5, 5.41) is 10.9. The number of carboxylic acids is 1. The number of nitrogens with zero attached hydrogens (tertiary/aromatic N) is 1. The van der Waals surface area contributed by atoms with Gasteiger partial charge in [0.15, 0.2) is 0 Å². The van der Waals surface area contributed by atoms with E-state index in [0.717, 1.165) is 6.42 Å². The van der Waals surface area contributed by atoms with Crippen molar-refractivity contribution in [2.45, 2.75) is 33.1 Å². The highest BCUT2D eigenvalue weighted by Crippen LogP contribution is 2.07. The van der Waals surface area contributed by atoms with E-state index >= 15 is 0 Å². The van der Waals surface area contributed by atoms with Crippen LogP contribution in [0, 0.1) is 5.92 Å². The Balaban J connectivity index is 4.25. The summed E-state index contributed by atoms with van der Waals surface area (Å²) < 4.78 is 0. The number of urea groups is 1. The fourth-order valence-electron chi connectivity index (χ4n) is 1.64. The topological polar surface area (TPSA) is 86.7 Å². The lowest BCUT2D eigenvalue weighted by Gasteiger charge is -2.20. The molecule has 0 aliphatic heterocycles. The van der Waals surface area contributed by atoms with Gasteiger partial charge in [0.05, 0.1) is 0 Å². The molecule has 0 aliphatic rings. The molecule has 0 radical (unpaired) electrons. The maximum absolute atomic E-state index is 11.8. The molecule has 0 rings (SSSR count). The highest BCUT2D eigenvalue weighted by atomic mass is 16.4. The molecule has 1 unspecified atom stereocenters. The molecular formula is C13H22N2O4. The fourth-order valence-corrected chi connectivity index (χ4v) is 1.64. The number of hydrogen-bond acceptors (Lipinski definition) is 3. The van der Waals surface area contributed by atoms with Crippen LogP contribution < -0.4 is 5.32 Å². The van der Waals surface area contributed by atoms with E-state index in [1.165, 1.54) is 4.90 Å². The van der Waals surface area contributed by atoms with E-state index in [1.807, 2.05) is 6.92 Å². The van der Waals surface area contributed by atoms with Crippen LogP contribution in [0.25, 0.3) is 0 Å². The van der Waals surface area contributed by atoms with Gasteiger partial charge in [-0.1, -0.05) is 19.9 Å². The van der Waals surface area contributed by atoms with Crippen molar-refractivity contribution >= 4 is 17.9 Å². The lowest BCUT2D eigenvalue weighted by Crippen LogP contribution is -2.43. The number of aliphatic carboxylic acids is 1. The van der Waals surface area contributed by atoms with Crippen molar-refractivity contribution in [1.82, 2.24) is 10.2 Å². The van der Waals surface area contributed by atoms with Crippen LogP contribution in [0.1, 0.15) is 33.1 Å². The summed E-state index contributed by atoms with van der Waals surface area (Å²) >= 11 is 0. The Kier molecular flexibility index (Phi) is 8.24. The molecule has 0 aliphatic carbocycles. The van der Waals surface area contributed by atoms with Crippen molar-refractivity contribution in [1.29, 1.82) is 0 Å². The minimum absolute atomic E-state index is 0.0199. The zero-order valence-electron chi connectivity index (χ0n) is 11.5. The molecule has 0 aromatic carbocycles. The van der Waals surface area contributed by atoms with Crippen molar-refractivity contribution in [3.8, 4) is 0 Å². The first-order chi connectivity index (χ1) is 8.90. The van der Waals surface area contributed by atoms with Crippen LogP contribution in [0.2, 0.25) is 0 Å². The minimum atomic E-state index is -0.953. The molecule has 0 saturated carbocycles. The van der Waals surface area contributed by atoms with Gasteiger partial charge in [-0.3, -0.25) is 14.9 Å². The Morgan fingerprint density at radius 2 is 2.00 bits per heavy atom. The number of carbonyl (C=O) groups is 3. The normalized spacial score (nSPS) is 11.5. The van der Waals surface area contributed by atoms with Crippen molar-refractivity contribution in [2.75, 3.05) is 13.1 Å². The maximum atomic E-state index is 11.8. The number of nitrogens with one attached hydrogen (secondary N) is 1. The molecule has 0 saturated heterocycles. The highest BCUT2D eigenvalue weighted by molar-refractivity contribution is 5.94. The molecule has 0 aromatic heterocycles. The molecule has 6 heteroatoms. The molecule has 3 amide bonds. The standard InChI is InChI=1S/C13H22N2O4/c1-4-6-15(7-5-2)13(19)14-11(16)8-10(3)9-12(17)18/h4,10H,1,5-9H2,2-3H3,(H,17,18)(H,14,16,19). The van der Waals surface area contributed by atoms with Gasteiger partial charge in [-0.05, 0) is 12.3 Å². The van der Waals surface area contributed by atoms with Gasteiger partial charge in [-0.25, -0.2) is 4.79 Å². The van der Waals surface area contributed by atoms with Gasteiger partial charge in [0, 0.05) is 25.9 Å². The maximum Gasteiger partial charge on any atom is 0.324 e. The van der Waals surface area contributed by atoms with Gasteiger partial charge in [0.2, 0.25) is 5.91 Å². The van der Waals surface area contributed by atoms with Gasteiger partial charge in [-0.15, -0.1) is 6.58 Å². The zero-order chi connectivity index (χ0) is 14.8. The summed E-state index contributed by atoms with van der Waals surface area (Å²) in [6.07, 6.45) is 2.30. The number of rotatable bonds is 8. The molecule has 108 valence electrons. The number of imide groups is 1. The summed E-state index contributed by atoms with van der Waals surface area (Å²) in [6.45, 7) is 8.05. The third-order valence-corrected chi connectivity index (χ3v) is 2.43. The number of hydrogen-bond donors (Lipinski definition) is 2. The number of carbonyl (C=O) groups excluding carboxylic acids is 2. The third-order valence-electron chi connectivity index (χ3n) is 2.43. The molecular weight excluding hydrogens is 248 g/mol. The van der Waals surface area contributed by atoms with Gasteiger partial charge < -0.3 is 10.0 Å². The smallest absolute Gasteiger partial charge is 0.324 e. The Labute approximate surface area is 113 Å². The van der Waals surface area contributed by atoms with Crippen LogP contribution in [0.15, 0.2) is 12.7 Å². The molecule has 19 heavy (non-hydrogen) atoms. The molecule has 2 N–H and O–H groups in total. The quantitative estimate of drug-likeness (QED) is 0.656. The summed E-state index contributed by atoms with van der Waals surface area (Å²) in [4.78, 5) is 35.3. The number of amides is 3. The van der Waals surface area contributed by atoms with Crippen LogP contribution in [0.5, 0.6) is 0 Å². The van der Waals surface area contributed by atoms with E-state index < -0.39 is 17.9 Å². The van der Waals surface area contributed by atoms with E-state index in [2.05, 4.69) is 11.9 Å². The van der Waals surface area contributed by atoms with Gasteiger partial charge >= 0.3 is 12.0 Å². The SMILES string of the molecule is C=CCN(CCC)C(=O)NC(=O)CC(C)CC(=O)O. The second-order valence-corrected chi connectivity index (χ2v) is 4.50. The molecule has 0 aromatic rings. The minimum Gasteiger partial charge on any atom is -0.481 e. The molecule has 1 atom stereocenters. The second kappa shape index (κ2) is 9.13. The Morgan fingerprint density at radius 1 is 1.37 bits per heavy atom. The fraction of sp³-hybridized carbons (Fsp3) is 0.615. The van der Waals surface area contributed by atoms with E-state index in [4.69, 9.17) is 5.11 Å². The summed E-state index contributed by atoms with van der Waals surface area (Å²) in [7, 11) is 0. The summed E-state index contributed by atoms with van der Waals surface area (Å²) in [5.74, 6) is -1.71. The first kappa shape index (κ1) is 17.2. The number of carboxylic acid groups (broad SMARTS) is 1. The largest absolute Gasteiger partial charge is 0.481 e. The Hall–Kier alpha value is -1.85. The van der Waals surface area contributed by atoms with E-state index in [-0.39, 0.29) is 18.8 Å². The predicted molar refractivity (Wildman–Crippen MR) is 71.6 cm³/mol.